The Balaban J connectivity index is 2.80. The summed E-state index contributed by atoms with van der Waals surface area (Å²) in [5, 5.41) is 2.52. The van der Waals surface area contributed by atoms with Crippen LogP contribution in [-0.4, -0.2) is 25.2 Å². The number of halogens is 3. The zero-order valence-electron chi connectivity index (χ0n) is 14.2. The molecule has 0 saturated carbocycles. The van der Waals surface area contributed by atoms with Crippen molar-refractivity contribution in [3.63, 3.8) is 0 Å². The third kappa shape index (κ3) is 4.38. The van der Waals surface area contributed by atoms with E-state index in [2.05, 4.69) is 21.4 Å². The van der Waals surface area contributed by atoms with E-state index in [9.17, 15) is 13.2 Å². The topological polar surface area (TPSA) is 43.7 Å². The highest BCUT2D eigenvalue weighted by Crippen LogP contribution is 2.46. The summed E-state index contributed by atoms with van der Waals surface area (Å²) in [7, 11) is 1.42. The van der Waals surface area contributed by atoms with Crippen molar-refractivity contribution in [1.82, 2.24) is 4.98 Å². The average molecular weight is 372 g/mol. The van der Waals surface area contributed by atoms with Gasteiger partial charge in [0.1, 0.15) is 10.7 Å². The summed E-state index contributed by atoms with van der Waals surface area (Å²) in [5.74, 6) is -0.361. The molecule has 0 spiro atoms. The Morgan fingerprint density at radius 1 is 1.40 bits per heavy atom. The molecule has 1 aromatic heterocycles. The van der Waals surface area contributed by atoms with Gasteiger partial charge in [-0.05, 0) is 31.7 Å². The molecule has 0 radical (unpaired) electrons. The molecular formula is C17H19F3N2O2S. The van der Waals surface area contributed by atoms with Crippen molar-refractivity contribution < 1.29 is 22.6 Å². The maximum Gasteiger partial charge on any atom is 0.573 e. The van der Waals surface area contributed by atoms with Gasteiger partial charge in [-0.2, -0.15) is 0 Å². The minimum Gasteiger partial charge on any atom is -0.403 e. The fourth-order valence-corrected chi connectivity index (χ4v) is 3.26. The predicted octanol–water partition coefficient (Wildman–Crippen LogP) is 5.70. The minimum atomic E-state index is -4.84. The third-order valence-corrected chi connectivity index (χ3v) is 4.52. The molecule has 0 aliphatic heterocycles. The quantitative estimate of drug-likeness (QED) is 0.586. The number of rotatable bonds is 7. The van der Waals surface area contributed by atoms with Gasteiger partial charge in [-0.15, -0.1) is 24.5 Å². The van der Waals surface area contributed by atoms with Gasteiger partial charge in [0.2, 0.25) is 0 Å². The van der Waals surface area contributed by atoms with Gasteiger partial charge in [-0.25, -0.2) is 4.98 Å². The summed E-state index contributed by atoms with van der Waals surface area (Å²) < 4.78 is 48.4. The van der Waals surface area contributed by atoms with Gasteiger partial charge in [0.15, 0.2) is 5.75 Å². The molecule has 0 bridgehead atoms. The van der Waals surface area contributed by atoms with Crippen LogP contribution in [0.5, 0.6) is 5.75 Å². The van der Waals surface area contributed by atoms with Gasteiger partial charge in [-0.1, -0.05) is 13.3 Å². The molecule has 1 unspecified atom stereocenters. The molecule has 0 aliphatic rings. The maximum atomic E-state index is 13.0. The van der Waals surface area contributed by atoms with Crippen molar-refractivity contribution in [2.75, 3.05) is 7.11 Å². The van der Waals surface area contributed by atoms with Crippen LogP contribution in [0, 0.1) is 0 Å². The van der Waals surface area contributed by atoms with E-state index in [1.165, 1.54) is 18.4 Å². The number of nitrogens with zero attached hydrogens (tertiary/aromatic N) is 2. The number of hydrogen-bond donors (Lipinski definition) is 0. The SMILES string of the molecule is C=Nc1c(CCC)c(-c2nccs2)cc(C(C)OC)c1OC(F)(F)F. The molecule has 0 N–H and O–H groups in total. The monoisotopic (exact) mass is 372 g/mol. The van der Waals surface area contributed by atoms with Crippen LogP contribution < -0.4 is 4.74 Å². The number of hydrogen-bond acceptors (Lipinski definition) is 5. The number of benzene rings is 1. The van der Waals surface area contributed by atoms with E-state index in [1.54, 1.807) is 19.2 Å². The van der Waals surface area contributed by atoms with E-state index in [0.717, 1.165) is 12.0 Å². The average Bonchev–Trinajstić information content (AvgIpc) is 3.07. The fourth-order valence-electron chi connectivity index (χ4n) is 2.58. The zero-order chi connectivity index (χ0) is 18.6. The Morgan fingerprint density at radius 3 is 2.60 bits per heavy atom. The number of thiazole rings is 1. The first-order valence-corrected chi connectivity index (χ1v) is 8.55. The number of alkyl halides is 3. The van der Waals surface area contributed by atoms with E-state index in [0.29, 0.717) is 17.0 Å². The minimum absolute atomic E-state index is 0.0887. The van der Waals surface area contributed by atoms with Crippen molar-refractivity contribution in [2.24, 2.45) is 4.99 Å². The van der Waals surface area contributed by atoms with Crippen LogP contribution in [0.1, 0.15) is 37.5 Å². The van der Waals surface area contributed by atoms with E-state index in [1.807, 2.05) is 12.3 Å². The molecule has 1 atom stereocenters. The summed E-state index contributed by atoms with van der Waals surface area (Å²) in [5.41, 5.74) is 1.71. The molecule has 25 heavy (non-hydrogen) atoms. The Bertz CT molecular complexity index is 730. The van der Waals surface area contributed by atoms with Crippen molar-refractivity contribution in [3.8, 4) is 16.3 Å². The second-order valence-electron chi connectivity index (χ2n) is 5.34. The van der Waals surface area contributed by atoms with Crippen molar-refractivity contribution >= 4 is 23.7 Å². The van der Waals surface area contributed by atoms with Crippen LogP contribution in [0.25, 0.3) is 10.6 Å². The molecule has 1 aromatic carbocycles. The lowest BCUT2D eigenvalue weighted by atomic mass is 9.95. The molecular weight excluding hydrogens is 353 g/mol. The fraction of sp³-hybridized carbons (Fsp3) is 0.412. The number of aromatic nitrogens is 1. The Morgan fingerprint density at radius 2 is 2.12 bits per heavy atom. The van der Waals surface area contributed by atoms with E-state index in [4.69, 9.17) is 4.74 Å². The molecule has 0 saturated heterocycles. The zero-order valence-corrected chi connectivity index (χ0v) is 15.0. The summed E-state index contributed by atoms with van der Waals surface area (Å²) >= 11 is 1.41. The van der Waals surface area contributed by atoms with Gasteiger partial charge in [0.05, 0.1) is 6.10 Å². The number of methoxy groups -OCH3 is 1. The van der Waals surface area contributed by atoms with Gasteiger partial charge < -0.3 is 9.47 Å². The van der Waals surface area contributed by atoms with Crippen LogP contribution in [-0.2, 0) is 11.2 Å². The number of ether oxygens (including phenoxy) is 2. The van der Waals surface area contributed by atoms with Gasteiger partial charge in [0, 0.05) is 29.8 Å². The van der Waals surface area contributed by atoms with Crippen LogP contribution in [0.3, 0.4) is 0 Å². The third-order valence-electron chi connectivity index (χ3n) is 3.72. The lowest BCUT2D eigenvalue weighted by molar-refractivity contribution is -0.274. The molecule has 1 heterocycles. The summed E-state index contributed by atoms with van der Waals surface area (Å²) in [6.45, 7) is 7.05. The van der Waals surface area contributed by atoms with Crippen molar-refractivity contribution in [1.29, 1.82) is 0 Å². The standard InChI is InChI=1S/C17H19F3N2O2S/c1-5-6-11-13(16-22-7-8-25-16)9-12(10(2)23-4)15(14(11)21-3)24-17(18,19)20/h7-10H,3,5-6H2,1-2,4H3. The first-order valence-electron chi connectivity index (χ1n) is 7.67. The first kappa shape index (κ1) is 19.4. The van der Waals surface area contributed by atoms with Gasteiger partial charge in [-0.3, -0.25) is 4.99 Å². The molecule has 4 nitrogen and oxygen atoms in total. The maximum absolute atomic E-state index is 13.0. The Hall–Kier alpha value is -1.93. The highest BCUT2D eigenvalue weighted by molar-refractivity contribution is 7.13. The molecule has 2 rings (SSSR count). The second-order valence-corrected chi connectivity index (χ2v) is 6.24. The number of aliphatic imine (C=N–C) groups is 1. The van der Waals surface area contributed by atoms with E-state index < -0.39 is 12.5 Å². The molecule has 0 aliphatic carbocycles. The first-order chi connectivity index (χ1) is 11.8. The molecule has 0 fully saturated rings. The smallest absolute Gasteiger partial charge is 0.403 e. The molecule has 2 aromatic rings. The van der Waals surface area contributed by atoms with Crippen molar-refractivity contribution in [3.05, 3.63) is 28.8 Å². The van der Waals surface area contributed by atoms with Crippen LogP contribution in [0.4, 0.5) is 18.9 Å². The Labute approximate surface area is 148 Å². The summed E-state index contributed by atoms with van der Waals surface area (Å²) in [6.07, 6.45) is -2.55. The molecule has 136 valence electrons. The lowest BCUT2D eigenvalue weighted by Crippen LogP contribution is -2.19. The predicted molar refractivity (Wildman–Crippen MR) is 92.9 cm³/mol. The van der Waals surface area contributed by atoms with E-state index >= 15 is 0 Å². The van der Waals surface area contributed by atoms with Crippen molar-refractivity contribution in [2.45, 2.75) is 39.2 Å². The molecule has 0 amide bonds. The highest BCUT2D eigenvalue weighted by Gasteiger charge is 2.35. The summed E-state index contributed by atoms with van der Waals surface area (Å²) in [6, 6.07) is 1.65. The summed E-state index contributed by atoms with van der Waals surface area (Å²) in [4.78, 5) is 8.16. The molecule has 8 heteroatoms. The second kappa shape index (κ2) is 7.97. The normalized spacial score (nSPS) is 12.9. The van der Waals surface area contributed by atoms with E-state index in [-0.39, 0.29) is 17.0 Å². The van der Waals surface area contributed by atoms with Crippen LogP contribution in [0.15, 0.2) is 22.6 Å². The van der Waals surface area contributed by atoms with Crippen LogP contribution >= 0.6 is 11.3 Å². The van der Waals surface area contributed by atoms with Gasteiger partial charge in [0.25, 0.3) is 0 Å². The van der Waals surface area contributed by atoms with Crippen LogP contribution in [0.2, 0.25) is 0 Å². The van der Waals surface area contributed by atoms with Gasteiger partial charge >= 0.3 is 6.36 Å². The Kier molecular flexibility index (Phi) is 6.18. The lowest BCUT2D eigenvalue weighted by Gasteiger charge is -2.22. The largest absolute Gasteiger partial charge is 0.573 e. The highest BCUT2D eigenvalue weighted by atomic mass is 32.1.